The van der Waals surface area contributed by atoms with Crippen LogP contribution in [-0.2, 0) is 23.1 Å². The summed E-state index contributed by atoms with van der Waals surface area (Å²) in [6.45, 7) is 1.21. The summed E-state index contributed by atoms with van der Waals surface area (Å²) < 4.78 is 13.7. The van der Waals surface area contributed by atoms with Crippen molar-refractivity contribution >= 4 is 22.9 Å². The molecule has 1 aromatic heterocycles. The number of halogens is 1. The zero-order valence-electron chi connectivity index (χ0n) is 17.7. The summed E-state index contributed by atoms with van der Waals surface area (Å²) in [7, 11) is 0. The van der Waals surface area contributed by atoms with E-state index in [4.69, 9.17) is 0 Å². The lowest BCUT2D eigenvalue weighted by Crippen LogP contribution is -2.53. The van der Waals surface area contributed by atoms with Crippen molar-refractivity contribution in [2.75, 3.05) is 13.1 Å². The third-order valence-corrected chi connectivity index (χ3v) is 7.24. The molecule has 2 aromatic carbocycles. The molecule has 166 valence electrons. The van der Waals surface area contributed by atoms with Gasteiger partial charge in [0.2, 0.25) is 5.91 Å². The number of piperidine rings is 1. The van der Waals surface area contributed by atoms with Crippen molar-refractivity contribution < 1.29 is 19.1 Å². The number of nitrogens with one attached hydrogen (secondary N) is 2. The van der Waals surface area contributed by atoms with Crippen LogP contribution < -0.4 is 5.32 Å². The number of hydrogen-bond acceptors (Lipinski definition) is 2. The predicted molar refractivity (Wildman–Crippen MR) is 119 cm³/mol. The van der Waals surface area contributed by atoms with Crippen LogP contribution >= 0.6 is 0 Å². The summed E-state index contributed by atoms with van der Waals surface area (Å²) in [4.78, 5) is 29.6. The molecule has 2 heterocycles. The van der Waals surface area contributed by atoms with E-state index < -0.39 is 12.1 Å². The zero-order valence-corrected chi connectivity index (χ0v) is 17.7. The lowest BCUT2D eigenvalue weighted by molar-refractivity contribution is -0.135. The molecule has 1 aliphatic carbocycles. The Hall–Kier alpha value is -3.35. The van der Waals surface area contributed by atoms with Crippen molar-refractivity contribution in [2.24, 2.45) is 0 Å². The standard InChI is InChI=1S/C25H26FN3O3/c26-18-5-6-21-19(14-18)17(15-27-21)13-22(28-24(31)32)23(30)29-11-9-25(10-12-29)8-7-16-3-1-2-4-20(16)25/h1-6,14-15,22,27-28H,7-13H2,(H,31,32). The second kappa shape index (κ2) is 7.97. The summed E-state index contributed by atoms with van der Waals surface area (Å²) >= 11 is 0. The van der Waals surface area contributed by atoms with Crippen molar-refractivity contribution in [1.82, 2.24) is 15.2 Å². The molecule has 7 heteroatoms. The molecule has 1 unspecified atom stereocenters. The lowest BCUT2D eigenvalue weighted by Gasteiger charge is -2.41. The third-order valence-electron chi connectivity index (χ3n) is 7.24. The van der Waals surface area contributed by atoms with Gasteiger partial charge >= 0.3 is 6.09 Å². The van der Waals surface area contributed by atoms with E-state index in [2.05, 4.69) is 34.6 Å². The summed E-state index contributed by atoms with van der Waals surface area (Å²) in [6, 6.07) is 12.1. The van der Waals surface area contributed by atoms with Crippen molar-refractivity contribution in [3.8, 4) is 0 Å². The van der Waals surface area contributed by atoms with Crippen LogP contribution in [0.25, 0.3) is 10.9 Å². The molecule has 1 aliphatic heterocycles. The number of benzene rings is 2. The van der Waals surface area contributed by atoms with Crippen LogP contribution in [0.3, 0.4) is 0 Å². The van der Waals surface area contributed by atoms with Crippen molar-refractivity contribution in [3.05, 3.63) is 71.2 Å². The molecule has 1 spiro atoms. The van der Waals surface area contributed by atoms with E-state index in [9.17, 15) is 19.1 Å². The summed E-state index contributed by atoms with van der Waals surface area (Å²) in [5.41, 5.74) is 4.40. The number of hydrogen-bond donors (Lipinski definition) is 3. The molecule has 5 rings (SSSR count). The number of amides is 2. The first-order chi connectivity index (χ1) is 15.4. The molecule has 32 heavy (non-hydrogen) atoms. The van der Waals surface area contributed by atoms with Gasteiger partial charge in [-0.3, -0.25) is 4.79 Å². The number of nitrogens with zero attached hydrogens (tertiary/aromatic N) is 1. The molecular weight excluding hydrogens is 409 g/mol. The van der Waals surface area contributed by atoms with Gasteiger partial charge in [0.05, 0.1) is 0 Å². The third kappa shape index (κ3) is 3.61. The molecule has 0 saturated carbocycles. The number of carbonyl (C=O) groups is 2. The van der Waals surface area contributed by atoms with Crippen LogP contribution in [0.15, 0.2) is 48.7 Å². The minimum absolute atomic E-state index is 0.122. The Morgan fingerprint density at radius 2 is 1.94 bits per heavy atom. The Balaban J connectivity index is 1.33. The average Bonchev–Trinajstić information content (AvgIpc) is 3.35. The first kappa shape index (κ1) is 20.5. The number of H-pyrrole nitrogens is 1. The van der Waals surface area contributed by atoms with E-state index in [1.54, 1.807) is 17.2 Å². The SMILES string of the molecule is O=C(O)NC(Cc1c[nH]c2ccc(F)cc12)C(=O)N1CCC2(CCc3ccccc32)CC1. The minimum atomic E-state index is -1.24. The smallest absolute Gasteiger partial charge is 0.405 e. The van der Waals surface area contributed by atoms with Gasteiger partial charge in [-0.1, -0.05) is 24.3 Å². The van der Waals surface area contributed by atoms with Gasteiger partial charge in [-0.15, -0.1) is 0 Å². The van der Waals surface area contributed by atoms with Crippen LogP contribution in [0.4, 0.5) is 9.18 Å². The minimum Gasteiger partial charge on any atom is -0.465 e. The molecule has 3 N–H and O–H groups in total. The van der Waals surface area contributed by atoms with E-state index >= 15 is 0 Å². The molecule has 2 amide bonds. The van der Waals surface area contributed by atoms with Crippen molar-refractivity contribution in [3.63, 3.8) is 0 Å². The highest BCUT2D eigenvalue weighted by molar-refractivity contribution is 5.88. The monoisotopic (exact) mass is 435 g/mol. The predicted octanol–water partition coefficient (Wildman–Crippen LogP) is 3.99. The summed E-state index contributed by atoms with van der Waals surface area (Å²) in [5, 5.41) is 12.4. The number of carboxylic acid groups (broad SMARTS) is 1. The maximum Gasteiger partial charge on any atom is 0.405 e. The highest BCUT2D eigenvalue weighted by Gasteiger charge is 2.42. The van der Waals surface area contributed by atoms with Crippen LogP contribution in [0.2, 0.25) is 0 Å². The highest BCUT2D eigenvalue weighted by atomic mass is 19.1. The number of aromatic amines is 1. The first-order valence-electron chi connectivity index (χ1n) is 11.1. The van der Waals surface area contributed by atoms with Crippen molar-refractivity contribution in [1.29, 1.82) is 0 Å². The maximum atomic E-state index is 13.7. The quantitative estimate of drug-likeness (QED) is 0.579. The van der Waals surface area contributed by atoms with Crippen LogP contribution in [-0.4, -0.2) is 46.1 Å². The molecule has 3 aromatic rings. The van der Waals surface area contributed by atoms with Gasteiger partial charge in [-0.2, -0.15) is 0 Å². The normalized spacial score (nSPS) is 18.0. The molecule has 6 nitrogen and oxygen atoms in total. The Morgan fingerprint density at radius 1 is 1.16 bits per heavy atom. The Morgan fingerprint density at radius 3 is 2.72 bits per heavy atom. The summed E-state index contributed by atoms with van der Waals surface area (Å²) in [6.07, 6.45) is 4.58. The molecule has 0 radical (unpaired) electrons. The van der Waals surface area contributed by atoms with Gasteiger partial charge in [0, 0.05) is 36.6 Å². The Kier molecular flexibility index (Phi) is 5.12. The van der Waals surface area contributed by atoms with E-state index in [0.29, 0.717) is 24.0 Å². The van der Waals surface area contributed by atoms with E-state index in [1.165, 1.54) is 23.3 Å². The van der Waals surface area contributed by atoms with Crippen LogP contribution in [0.1, 0.15) is 36.0 Å². The van der Waals surface area contributed by atoms with E-state index in [0.717, 1.165) is 31.2 Å². The lowest BCUT2D eigenvalue weighted by atomic mass is 9.74. The van der Waals surface area contributed by atoms with Crippen LogP contribution in [0, 0.1) is 5.82 Å². The van der Waals surface area contributed by atoms with Gasteiger partial charge in [0.15, 0.2) is 0 Å². The largest absolute Gasteiger partial charge is 0.465 e. The Labute approximate surface area is 185 Å². The van der Waals surface area contributed by atoms with Gasteiger partial charge < -0.3 is 20.3 Å². The van der Waals surface area contributed by atoms with Crippen LogP contribution in [0.5, 0.6) is 0 Å². The fourth-order valence-electron chi connectivity index (χ4n) is 5.55. The van der Waals surface area contributed by atoms with E-state index in [1.807, 2.05) is 0 Å². The van der Waals surface area contributed by atoms with Gasteiger partial charge in [0.1, 0.15) is 11.9 Å². The van der Waals surface area contributed by atoms with Gasteiger partial charge in [-0.25, -0.2) is 9.18 Å². The fraction of sp³-hybridized carbons (Fsp3) is 0.360. The molecule has 1 atom stereocenters. The molecule has 1 fully saturated rings. The molecular formula is C25H26FN3O3. The number of aryl methyl sites for hydroxylation is 1. The number of fused-ring (bicyclic) bond motifs is 3. The number of rotatable bonds is 4. The first-order valence-corrected chi connectivity index (χ1v) is 11.1. The zero-order chi connectivity index (χ0) is 22.3. The molecule has 0 bridgehead atoms. The fourth-order valence-corrected chi connectivity index (χ4v) is 5.55. The number of likely N-dealkylation sites (tertiary alicyclic amines) is 1. The molecule has 2 aliphatic rings. The Bertz CT molecular complexity index is 1180. The summed E-state index contributed by atoms with van der Waals surface area (Å²) in [5.74, 6) is -0.593. The average molecular weight is 435 g/mol. The van der Waals surface area contributed by atoms with Crippen molar-refractivity contribution in [2.45, 2.75) is 43.6 Å². The second-order valence-electron chi connectivity index (χ2n) is 8.97. The number of aromatic nitrogens is 1. The second-order valence-corrected chi connectivity index (χ2v) is 8.97. The van der Waals surface area contributed by atoms with E-state index in [-0.39, 0.29) is 23.6 Å². The topological polar surface area (TPSA) is 85.4 Å². The van der Waals surface area contributed by atoms with Gasteiger partial charge in [-0.05, 0) is 66.0 Å². The maximum absolute atomic E-state index is 13.7. The van der Waals surface area contributed by atoms with Gasteiger partial charge in [0.25, 0.3) is 0 Å². The molecule has 1 saturated heterocycles. The number of carbonyl (C=O) groups excluding carboxylic acids is 1. The highest BCUT2D eigenvalue weighted by Crippen LogP contribution is 2.46.